The van der Waals surface area contributed by atoms with Crippen LogP contribution in [-0.2, 0) is 16.0 Å². The monoisotopic (exact) mass is 509 g/mol. The van der Waals surface area contributed by atoms with E-state index in [0.717, 1.165) is 41.2 Å². The summed E-state index contributed by atoms with van der Waals surface area (Å²) in [5.74, 6) is -7.67. The second-order valence-corrected chi connectivity index (χ2v) is 8.16. The van der Waals surface area contributed by atoms with Gasteiger partial charge in [0.25, 0.3) is 0 Å². The molecule has 4 nitrogen and oxygen atoms in total. The lowest BCUT2D eigenvalue weighted by Gasteiger charge is -2.27. The van der Waals surface area contributed by atoms with Crippen molar-refractivity contribution in [2.24, 2.45) is 0 Å². The lowest BCUT2D eigenvalue weighted by atomic mass is 10.00. The Hall–Kier alpha value is -1.25. The average molecular weight is 509 g/mol. The van der Waals surface area contributed by atoms with E-state index >= 15 is 0 Å². The number of unbranched alkanes of at least 4 members (excludes halogenated alkanes) is 5. The van der Waals surface area contributed by atoms with Gasteiger partial charge in [-0.1, -0.05) is 52.0 Å². The molecule has 1 rings (SSSR count). The molecule has 158 valence electrons. The quantitative estimate of drug-likeness (QED) is 0.216. The van der Waals surface area contributed by atoms with Crippen molar-refractivity contribution in [2.75, 3.05) is 0 Å². The van der Waals surface area contributed by atoms with Crippen molar-refractivity contribution < 1.29 is 28.2 Å². The number of hydrogen-bond acceptors (Lipinski definition) is 4. The number of ether oxygens (including phenoxy) is 1. The highest BCUT2D eigenvalue weighted by Gasteiger charge is 2.44. The second kappa shape index (κ2) is 12.3. The van der Waals surface area contributed by atoms with Crippen molar-refractivity contribution >= 4 is 34.5 Å². The number of aryl methyl sites for hydroxylation is 1. The van der Waals surface area contributed by atoms with Gasteiger partial charge in [0.1, 0.15) is 5.97 Å². The maximum absolute atomic E-state index is 14.0. The van der Waals surface area contributed by atoms with E-state index in [1.165, 1.54) is 0 Å². The molecular weight excluding hydrogens is 481 g/mol. The third kappa shape index (κ3) is 7.64. The Kier molecular flexibility index (Phi) is 10.9. The van der Waals surface area contributed by atoms with Crippen molar-refractivity contribution in [1.29, 1.82) is 0 Å². The van der Waals surface area contributed by atoms with E-state index < -0.39 is 24.0 Å². The predicted octanol–water partition coefficient (Wildman–Crippen LogP) is 4.90. The fourth-order valence-electron chi connectivity index (χ4n) is 2.90. The average Bonchev–Trinajstić information content (AvgIpc) is 2.65. The minimum Gasteiger partial charge on any atom is -0.544 e. The maximum Gasteiger partial charge on any atom is 0.338 e. The zero-order chi connectivity index (χ0) is 21.2. The molecule has 0 heterocycles. The van der Waals surface area contributed by atoms with E-state index in [2.05, 4.69) is 6.92 Å². The fraction of sp³-hybridized carbons (Fsp3) is 0.619. The third-order valence-electron chi connectivity index (χ3n) is 4.59. The molecule has 0 aliphatic heterocycles. The predicted molar refractivity (Wildman–Crippen MR) is 110 cm³/mol. The van der Waals surface area contributed by atoms with Crippen LogP contribution in [0.4, 0.5) is 8.78 Å². The number of benzene rings is 1. The van der Waals surface area contributed by atoms with Crippen LogP contribution in [0.5, 0.6) is 0 Å². The lowest BCUT2D eigenvalue weighted by molar-refractivity contribution is -0.336. The van der Waals surface area contributed by atoms with Gasteiger partial charge in [0.05, 0.1) is 5.56 Å². The SMILES string of the molecule is CCCCCCCc1ccc(I)cc1C(=O)OC(CCCC)C(F)(F)C(=O)[O-]. The van der Waals surface area contributed by atoms with Crippen LogP contribution in [0.3, 0.4) is 0 Å². The van der Waals surface area contributed by atoms with Gasteiger partial charge >= 0.3 is 11.9 Å². The van der Waals surface area contributed by atoms with E-state index in [-0.39, 0.29) is 12.0 Å². The van der Waals surface area contributed by atoms with Gasteiger partial charge < -0.3 is 14.6 Å². The molecule has 1 atom stereocenters. The molecule has 0 bridgehead atoms. The molecule has 0 aromatic heterocycles. The third-order valence-corrected chi connectivity index (χ3v) is 5.26. The zero-order valence-electron chi connectivity index (χ0n) is 16.4. The molecule has 28 heavy (non-hydrogen) atoms. The molecule has 0 saturated carbocycles. The molecule has 1 aromatic rings. The first kappa shape index (κ1) is 24.8. The molecule has 1 unspecified atom stereocenters. The number of hydrogen-bond donors (Lipinski definition) is 0. The van der Waals surface area contributed by atoms with E-state index in [0.29, 0.717) is 19.3 Å². The number of aliphatic carboxylic acids is 1. The standard InChI is InChI=1S/C21H29F2IO4/c1-3-5-7-8-9-10-15-12-13-16(24)14-17(15)19(25)28-18(11-6-4-2)21(22,23)20(26)27/h12-14,18H,3-11H2,1-2H3,(H,26,27)/p-1. The number of carbonyl (C=O) groups is 2. The molecular formula is C21H28F2IO4-. The molecule has 0 amide bonds. The molecule has 0 spiro atoms. The largest absolute Gasteiger partial charge is 0.544 e. The Morgan fingerprint density at radius 2 is 1.75 bits per heavy atom. The molecule has 0 saturated heterocycles. The Morgan fingerprint density at radius 3 is 2.36 bits per heavy atom. The smallest absolute Gasteiger partial charge is 0.338 e. The molecule has 0 aliphatic rings. The number of alkyl halides is 2. The molecule has 0 radical (unpaired) electrons. The van der Waals surface area contributed by atoms with Crippen LogP contribution in [0.1, 0.15) is 81.1 Å². The minimum atomic E-state index is -4.23. The van der Waals surface area contributed by atoms with Crippen molar-refractivity contribution in [2.45, 2.75) is 83.7 Å². The minimum absolute atomic E-state index is 0.220. The zero-order valence-corrected chi connectivity index (χ0v) is 18.6. The fourth-order valence-corrected chi connectivity index (χ4v) is 3.39. The van der Waals surface area contributed by atoms with Crippen LogP contribution < -0.4 is 5.11 Å². The lowest BCUT2D eigenvalue weighted by Crippen LogP contribution is -2.51. The first-order valence-electron chi connectivity index (χ1n) is 9.82. The highest BCUT2D eigenvalue weighted by atomic mass is 127. The Bertz CT molecular complexity index is 649. The van der Waals surface area contributed by atoms with Gasteiger partial charge in [0.2, 0.25) is 0 Å². The van der Waals surface area contributed by atoms with Gasteiger partial charge in [-0.25, -0.2) is 4.79 Å². The van der Waals surface area contributed by atoms with E-state index in [9.17, 15) is 23.5 Å². The Labute approximate surface area is 179 Å². The Morgan fingerprint density at radius 1 is 1.11 bits per heavy atom. The molecule has 1 aromatic carbocycles. The van der Waals surface area contributed by atoms with Crippen LogP contribution in [0.25, 0.3) is 0 Å². The second-order valence-electron chi connectivity index (χ2n) is 6.91. The summed E-state index contributed by atoms with van der Waals surface area (Å²) in [7, 11) is 0. The van der Waals surface area contributed by atoms with Crippen molar-refractivity contribution in [1.82, 2.24) is 0 Å². The van der Waals surface area contributed by atoms with Crippen LogP contribution in [0, 0.1) is 3.57 Å². The Balaban J connectivity index is 2.95. The highest BCUT2D eigenvalue weighted by molar-refractivity contribution is 14.1. The van der Waals surface area contributed by atoms with Gasteiger partial charge in [0.15, 0.2) is 6.10 Å². The number of carboxylic acid groups (broad SMARTS) is 1. The van der Waals surface area contributed by atoms with Gasteiger partial charge in [-0.05, 0) is 66.0 Å². The number of carboxylic acids is 1. The molecule has 0 N–H and O–H groups in total. The van der Waals surface area contributed by atoms with Crippen molar-refractivity contribution in [3.8, 4) is 0 Å². The van der Waals surface area contributed by atoms with Gasteiger partial charge in [-0.15, -0.1) is 0 Å². The first-order chi connectivity index (χ1) is 13.2. The summed E-state index contributed by atoms with van der Waals surface area (Å²) in [5.41, 5.74) is 0.950. The van der Waals surface area contributed by atoms with Crippen LogP contribution in [0.2, 0.25) is 0 Å². The number of esters is 1. The number of carbonyl (C=O) groups excluding carboxylic acids is 2. The van der Waals surface area contributed by atoms with Gasteiger partial charge in [-0.2, -0.15) is 8.78 Å². The van der Waals surface area contributed by atoms with E-state index in [4.69, 9.17) is 4.74 Å². The summed E-state index contributed by atoms with van der Waals surface area (Å²) >= 11 is 2.03. The topological polar surface area (TPSA) is 66.4 Å². The number of halogens is 3. The first-order valence-corrected chi connectivity index (χ1v) is 10.9. The van der Waals surface area contributed by atoms with Crippen LogP contribution in [0.15, 0.2) is 18.2 Å². The van der Waals surface area contributed by atoms with Gasteiger partial charge in [-0.3, -0.25) is 0 Å². The summed E-state index contributed by atoms with van der Waals surface area (Å²) in [5, 5.41) is 10.8. The normalized spacial score (nSPS) is 12.6. The van der Waals surface area contributed by atoms with Gasteiger partial charge in [0, 0.05) is 3.57 Å². The van der Waals surface area contributed by atoms with Crippen molar-refractivity contribution in [3.05, 3.63) is 32.9 Å². The van der Waals surface area contributed by atoms with E-state index in [1.54, 1.807) is 19.1 Å². The van der Waals surface area contributed by atoms with Crippen LogP contribution in [-0.4, -0.2) is 24.0 Å². The molecule has 0 fully saturated rings. The summed E-state index contributed by atoms with van der Waals surface area (Å²) in [4.78, 5) is 23.5. The van der Waals surface area contributed by atoms with Crippen LogP contribution >= 0.6 is 22.6 Å². The summed E-state index contributed by atoms with van der Waals surface area (Å²) < 4.78 is 33.7. The summed E-state index contributed by atoms with van der Waals surface area (Å²) in [6.45, 7) is 3.91. The molecule has 7 heteroatoms. The van der Waals surface area contributed by atoms with E-state index in [1.807, 2.05) is 28.7 Å². The maximum atomic E-state index is 14.0. The summed E-state index contributed by atoms with van der Waals surface area (Å²) in [6.07, 6.45) is 4.55. The highest BCUT2D eigenvalue weighted by Crippen LogP contribution is 2.27. The van der Waals surface area contributed by atoms with Crippen molar-refractivity contribution in [3.63, 3.8) is 0 Å². The molecule has 0 aliphatic carbocycles. The summed E-state index contributed by atoms with van der Waals surface area (Å²) in [6, 6.07) is 5.25. The number of rotatable bonds is 13.